The second-order valence-corrected chi connectivity index (χ2v) is 3.55. The molecule has 0 aliphatic rings. The molecular formula is C13H14N2. The van der Waals surface area contributed by atoms with Crippen LogP contribution in [0.5, 0.6) is 0 Å². The third-order valence-corrected chi connectivity index (χ3v) is 2.49. The SMILES string of the molecule is C=Cc1ccc(Cn2ccnc2C)cc1. The lowest BCUT2D eigenvalue weighted by atomic mass is 10.1. The fourth-order valence-corrected chi connectivity index (χ4v) is 1.53. The Labute approximate surface area is 89.9 Å². The summed E-state index contributed by atoms with van der Waals surface area (Å²) in [5, 5.41) is 0. The van der Waals surface area contributed by atoms with Crippen LogP contribution >= 0.6 is 0 Å². The quantitative estimate of drug-likeness (QED) is 0.741. The lowest BCUT2D eigenvalue weighted by Gasteiger charge is -2.05. The largest absolute Gasteiger partial charge is 0.331 e. The van der Waals surface area contributed by atoms with Crippen LogP contribution in [-0.2, 0) is 6.54 Å². The summed E-state index contributed by atoms with van der Waals surface area (Å²) in [6.07, 6.45) is 5.68. The molecule has 0 aliphatic heterocycles. The maximum atomic E-state index is 4.19. The van der Waals surface area contributed by atoms with Gasteiger partial charge in [0.15, 0.2) is 0 Å². The van der Waals surface area contributed by atoms with Gasteiger partial charge >= 0.3 is 0 Å². The molecule has 0 fully saturated rings. The van der Waals surface area contributed by atoms with E-state index in [1.165, 1.54) is 5.56 Å². The normalized spacial score (nSPS) is 10.2. The van der Waals surface area contributed by atoms with Gasteiger partial charge in [-0.25, -0.2) is 4.98 Å². The highest BCUT2D eigenvalue weighted by atomic mass is 15.0. The van der Waals surface area contributed by atoms with Crippen molar-refractivity contribution in [1.29, 1.82) is 0 Å². The Hall–Kier alpha value is -1.83. The van der Waals surface area contributed by atoms with Crippen LogP contribution in [0.2, 0.25) is 0 Å². The maximum absolute atomic E-state index is 4.19. The van der Waals surface area contributed by atoms with Gasteiger partial charge in [-0.05, 0) is 18.1 Å². The van der Waals surface area contributed by atoms with Gasteiger partial charge in [-0.1, -0.05) is 36.9 Å². The monoisotopic (exact) mass is 198 g/mol. The summed E-state index contributed by atoms with van der Waals surface area (Å²) in [5.41, 5.74) is 2.43. The molecule has 1 heterocycles. The molecule has 0 bridgehead atoms. The van der Waals surface area contributed by atoms with Gasteiger partial charge < -0.3 is 4.57 Å². The van der Waals surface area contributed by atoms with E-state index >= 15 is 0 Å². The molecule has 2 heteroatoms. The molecule has 0 saturated carbocycles. The van der Waals surface area contributed by atoms with E-state index in [1.54, 1.807) is 0 Å². The van der Waals surface area contributed by atoms with Crippen molar-refractivity contribution in [2.45, 2.75) is 13.5 Å². The van der Waals surface area contributed by atoms with Crippen LogP contribution in [0.15, 0.2) is 43.2 Å². The first-order chi connectivity index (χ1) is 7.29. The van der Waals surface area contributed by atoms with Gasteiger partial charge in [0.25, 0.3) is 0 Å². The van der Waals surface area contributed by atoms with Crippen molar-refractivity contribution in [1.82, 2.24) is 9.55 Å². The van der Waals surface area contributed by atoms with Gasteiger partial charge in [0.1, 0.15) is 5.82 Å². The van der Waals surface area contributed by atoms with Crippen molar-refractivity contribution in [2.24, 2.45) is 0 Å². The summed E-state index contributed by atoms with van der Waals surface area (Å²) in [5.74, 6) is 1.04. The number of aromatic nitrogens is 2. The predicted molar refractivity (Wildman–Crippen MR) is 62.6 cm³/mol. The van der Waals surface area contributed by atoms with Gasteiger partial charge in [-0.15, -0.1) is 0 Å². The number of nitrogens with zero attached hydrogens (tertiary/aromatic N) is 2. The van der Waals surface area contributed by atoms with E-state index in [0.717, 1.165) is 17.9 Å². The highest BCUT2D eigenvalue weighted by Gasteiger charge is 1.97. The van der Waals surface area contributed by atoms with E-state index in [2.05, 4.69) is 40.4 Å². The average molecular weight is 198 g/mol. The molecular weight excluding hydrogens is 184 g/mol. The smallest absolute Gasteiger partial charge is 0.105 e. The number of hydrogen-bond donors (Lipinski definition) is 0. The van der Waals surface area contributed by atoms with Crippen molar-refractivity contribution in [3.63, 3.8) is 0 Å². The first kappa shape index (κ1) is 9.71. The first-order valence-electron chi connectivity index (χ1n) is 4.99. The molecule has 0 unspecified atom stereocenters. The van der Waals surface area contributed by atoms with Crippen molar-refractivity contribution >= 4 is 6.08 Å². The molecule has 2 rings (SSSR count). The summed E-state index contributed by atoms with van der Waals surface area (Å²) < 4.78 is 2.13. The molecule has 1 aromatic heterocycles. The Morgan fingerprint density at radius 3 is 2.60 bits per heavy atom. The highest BCUT2D eigenvalue weighted by Crippen LogP contribution is 2.08. The van der Waals surface area contributed by atoms with Crippen LogP contribution in [-0.4, -0.2) is 9.55 Å². The third-order valence-electron chi connectivity index (χ3n) is 2.49. The van der Waals surface area contributed by atoms with Crippen LogP contribution < -0.4 is 0 Å². The third kappa shape index (κ3) is 2.15. The van der Waals surface area contributed by atoms with E-state index in [1.807, 2.05) is 25.4 Å². The fraction of sp³-hybridized carbons (Fsp3) is 0.154. The summed E-state index contributed by atoms with van der Waals surface area (Å²) in [7, 11) is 0. The van der Waals surface area contributed by atoms with Crippen molar-refractivity contribution in [2.75, 3.05) is 0 Å². The van der Waals surface area contributed by atoms with Gasteiger partial charge in [-0.3, -0.25) is 0 Å². The minimum absolute atomic E-state index is 0.878. The number of rotatable bonds is 3. The van der Waals surface area contributed by atoms with Crippen LogP contribution in [0.1, 0.15) is 17.0 Å². The predicted octanol–water partition coefficient (Wildman–Crippen LogP) is 2.88. The second kappa shape index (κ2) is 4.13. The first-order valence-corrected chi connectivity index (χ1v) is 4.99. The van der Waals surface area contributed by atoms with Crippen molar-refractivity contribution in [3.8, 4) is 0 Å². The zero-order valence-electron chi connectivity index (χ0n) is 8.85. The second-order valence-electron chi connectivity index (χ2n) is 3.55. The van der Waals surface area contributed by atoms with E-state index in [4.69, 9.17) is 0 Å². The van der Waals surface area contributed by atoms with E-state index in [0.29, 0.717) is 0 Å². The molecule has 0 atom stereocenters. The van der Waals surface area contributed by atoms with Crippen LogP contribution in [0, 0.1) is 6.92 Å². The Balaban J connectivity index is 2.18. The Morgan fingerprint density at radius 1 is 1.33 bits per heavy atom. The number of aryl methyl sites for hydroxylation is 1. The molecule has 0 radical (unpaired) electrons. The molecule has 1 aromatic carbocycles. The van der Waals surface area contributed by atoms with E-state index in [-0.39, 0.29) is 0 Å². The standard InChI is InChI=1S/C13H14N2/c1-3-12-4-6-13(7-5-12)10-15-9-8-14-11(15)2/h3-9H,1,10H2,2H3. The van der Waals surface area contributed by atoms with Crippen molar-refractivity contribution < 1.29 is 0 Å². The van der Waals surface area contributed by atoms with E-state index < -0.39 is 0 Å². The molecule has 2 nitrogen and oxygen atoms in total. The van der Waals surface area contributed by atoms with Crippen molar-refractivity contribution in [3.05, 3.63) is 60.2 Å². The van der Waals surface area contributed by atoms with Crippen LogP contribution in [0.25, 0.3) is 6.08 Å². The molecule has 0 N–H and O–H groups in total. The van der Waals surface area contributed by atoms with Gasteiger partial charge in [-0.2, -0.15) is 0 Å². The Morgan fingerprint density at radius 2 is 2.07 bits per heavy atom. The lowest BCUT2D eigenvalue weighted by molar-refractivity contribution is 0.762. The number of imidazole rings is 1. The molecule has 0 amide bonds. The summed E-state index contributed by atoms with van der Waals surface area (Å²) in [4.78, 5) is 4.19. The fourth-order valence-electron chi connectivity index (χ4n) is 1.53. The Bertz CT molecular complexity index is 452. The number of benzene rings is 1. The van der Waals surface area contributed by atoms with Crippen LogP contribution in [0.4, 0.5) is 0 Å². The van der Waals surface area contributed by atoms with E-state index in [9.17, 15) is 0 Å². The topological polar surface area (TPSA) is 17.8 Å². The highest BCUT2D eigenvalue weighted by molar-refractivity contribution is 5.47. The van der Waals surface area contributed by atoms with Gasteiger partial charge in [0.05, 0.1) is 0 Å². The summed E-state index contributed by atoms with van der Waals surface area (Å²) in [6.45, 7) is 6.63. The van der Waals surface area contributed by atoms with Crippen LogP contribution in [0.3, 0.4) is 0 Å². The van der Waals surface area contributed by atoms with Gasteiger partial charge in [0, 0.05) is 18.9 Å². The molecule has 2 aromatic rings. The maximum Gasteiger partial charge on any atom is 0.105 e. The molecule has 0 spiro atoms. The molecule has 15 heavy (non-hydrogen) atoms. The summed E-state index contributed by atoms with van der Waals surface area (Å²) >= 11 is 0. The zero-order chi connectivity index (χ0) is 10.7. The van der Waals surface area contributed by atoms with Gasteiger partial charge in [0.2, 0.25) is 0 Å². The Kier molecular flexibility index (Phi) is 2.68. The average Bonchev–Trinajstić information content (AvgIpc) is 2.66. The summed E-state index contributed by atoms with van der Waals surface area (Å²) in [6, 6.07) is 8.40. The molecule has 0 saturated heterocycles. The lowest BCUT2D eigenvalue weighted by Crippen LogP contribution is -2.00. The minimum Gasteiger partial charge on any atom is -0.331 e. The number of hydrogen-bond acceptors (Lipinski definition) is 1. The molecule has 0 aliphatic carbocycles. The zero-order valence-corrected chi connectivity index (χ0v) is 8.85. The minimum atomic E-state index is 0.878. The molecule has 76 valence electrons.